The van der Waals surface area contributed by atoms with E-state index >= 15 is 0 Å². The topological polar surface area (TPSA) is 110 Å². The summed E-state index contributed by atoms with van der Waals surface area (Å²) in [6, 6.07) is 9.39. The summed E-state index contributed by atoms with van der Waals surface area (Å²) in [7, 11) is 0. The minimum atomic E-state index is -0.505. The van der Waals surface area contributed by atoms with E-state index in [1.807, 2.05) is 35.2 Å². The van der Waals surface area contributed by atoms with E-state index in [4.69, 9.17) is 5.73 Å². The van der Waals surface area contributed by atoms with Gasteiger partial charge >= 0.3 is 5.69 Å². The molecule has 0 saturated carbocycles. The second-order valence-corrected chi connectivity index (χ2v) is 6.02. The Labute approximate surface area is 139 Å². The van der Waals surface area contributed by atoms with Crippen molar-refractivity contribution in [2.45, 2.75) is 19.8 Å². The summed E-state index contributed by atoms with van der Waals surface area (Å²) in [6.07, 6.45) is 1.95. The Bertz CT molecular complexity index is 729. The van der Waals surface area contributed by atoms with Crippen LogP contribution in [0.3, 0.4) is 0 Å². The Balaban J connectivity index is 1.96. The van der Waals surface area contributed by atoms with E-state index in [-0.39, 0.29) is 23.3 Å². The highest BCUT2D eigenvalue weighted by molar-refractivity contribution is 5.72. The van der Waals surface area contributed by atoms with Crippen LogP contribution in [-0.2, 0) is 0 Å². The van der Waals surface area contributed by atoms with Crippen molar-refractivity contribution in [2.24, 2.45) is 5.92 Å². The molecule has 1 aromatic carbocycles. The summed E-state index contributed by atoms with van der Waals surface area (Å²) in [5.74, 6) is 1.04. The fourth-order valence-electron chi connectivity index (χ4n) is 2.78. The SMILES string of the molecule is CC1CCN(c2nc(Nc3ccccc3)nc(N)c2[N+](=O)[O-])CC1. The molecule has 1 aromatic heterocycles. The highest BCUT2D eigenvalue weighted by Gasteiger charge is 2.29. The van der Waals surface area contributed by atoms with Gasteiger partial charge in [-0.05, 0) is 30.9 Å². The summed E-state index contributed by atoms with van der Waals surface area (Å²) < 4.78 is 0. The first-order valence-electron chi connectivity index (χ1n) is 7.93. The second kappa shape index (κ2) is 6.69. The van der Waals surface area contributed by atoms with Crippen molar-refractivity contribution in [2.75, 3.05) is 29.0 Å². The molecule has 1 aliphatic rings. The molecule has 0 amide bonds. The van der Waals surface area contributed by atoms with Crippen molar-refractivity contribution in [3.05, 3.63) is 40.4 Å². The Hall–Kier alpha value is -2.90. The molecule has 8 heteroatoms. The highest BCUT2D eigenvalue weighted by atomic mass is 16.6. The van der Waals surface area contributed by atoms with E-state index in [0.29, 0.717) is 5.92 Å². The minimum absolute atomic E-state index is 0.123. The van der Waals surface area contributed by atoms with Gasteiger partial charge in [0.2, 0.25) is 17.6 Å². The Morgan fingerprint density at radius 1 is 1.25 bits per heavy atom. The molecule has 0 spiro atoms. The van der Waals surface area contributed by atoms with Gasteiger partial charge in [-0.3, -0.25) is 10.1 Å². The fraction of sp³-hybridized carbons (Fsp3) is 0.375. The number of para-hydroxylation sites is 1. The molecule has 126 valence electrons. The van der Waals surface area contributed by atoms with Gasteiger partial charge in [-0.25, -0.2) is 0 Å². The van der Waals surface area contributed by atoms with Crippen LogP contribution in [0.15, 0.2) is 30.3 Å². The molecule has 0 atom stereocenters. The summed E-state index contributed by atoms with van der Waals surface area (Å²) in [6.45, 7) is 3.63. The first-order chi connectivity index (χ1) is 11.5. The standard InChI is InChI=1S/C16H20N6O2/c1-11-7-9-21(10-8-11)15-13(22(23)24)14(17)19-16(20-15)18-12-5-3-2-4-6-12/h2-6,11H,7-10H2,1H3,(H3,17,18,19,20). The lowest BCUT2D eigenvalue weighted by atomic mass is 9.99. The summed E-state index contributed by atoms with van der Waals surface area (Å²) in [5.41, 5.74) is 6.43. The lowest BCUT2D eigenvalue weighted by Crippen LogP contribution is -2.34. The van der Waals surface area contributed by atoms with Crippen molar-refractivity contribution in [1.82, 2.24) is 9.97 Å². The monoisotopic (exact) mass is 328 g/mol. The van der Waals surface area contributed by atoms with Crippen LogP contribution in [0, 0.1) is 16.0 Å². The number of nitro groups is 1. The first-order valence-corrected chi connectivity index (χ1v) is 7.93. The average molecular weight is 328 g/mol. The third-order valence-electron chi connectivity index (χ3n) is 4.19. The number of nitrogens with zero attached hydrogens (tertiary/aromatic N) is 4. The van der Waals surface area contributed by atoms with E-state index in [0.717, 1.165) is 31.6 Å². The lowest BCUT2D eigenvalue weighted by Gasteiger charge is -2.31. The molecule has 0 unspecified atom stereocenters. The molecule has 3 N–H and O–H groups in total. The van der Waals surface area contributed by atoms with Gasteiger partial charge in [0.25, 0.3) is 0 Å². The number of hydrogen-bond donors (Lipinski definition) is 2. The predicted molar refractivity (Wildman–Crippen MR) is 93.4 cm³/mol. The molecular formula is C16H20N6O2. The molecule has 1 aliphatic heterocycles. The Kier molecular flexibility index (Phi) is 4.45. The molecule has 0 radical (unpaired) electrons. The number of hydrogen-bond acceptors (Lipinski definition) is 7. The zero-order valence-corrected chi connectivity index (χ0v) is 13.5. The van der Waals surface area contributed by atoms with E-state index in [9.17, 15) is 10.1 Å². The van der Waals surface area contributed by atoms with Crippen molar-refractivity contribution < 1.29 is 4.92 Å². The summed E-state index contributed by atoms with van der Waals surface area (Å²) >= 11 is 0. The van der Waals surface area contributed by atoms with Gasteiger partial charge in [0.1, 0.15) is 0 Å². The van der Waals surface area contributed by atoms with Crippen LogP contribution in [0.1, 0.15) is 19.8 Å². The maximum atomic E-state index is 11.4. The zero-order chi connectivity index (χ0) is 17.1. The van der Waals surface area contributed by atoms with Gasteiger partial charge in [-0.15, -0.1) is 0 Å². The lowest BCUT2D eigenvalue weighted by molar-refractivity contribution is -0.383. The van der Waals surface area contributed by atoms with Crippen LogP contribution in [0.2, 0.25) is 0 Å². The zero-order valence-electron chi connectivity index (χ0n) is 13.5. The molecule has 2 aromatic rings. The van der Waals surface area contributed by atoms with Crippen molar-refractivity contribution in [3.63, 3.8) is 0 Å². The van der Waals surface area contributed by atoms with Crippen LogP contribution in [0.4, 0.5) is 29.0 Å². The Morgan fingerprint density at radius 3 is 2.54 bits per heavy atom. The second-order valence-electron chi connectivity index (χ2n) is 6.02. The van der Waals surface area contributed by atoms with Gasteiger partial charge in [0.15, 0.2) is 0 Å². The minimum Gasteiger partial charge on any atom is -0.378 e. The fourth-order valence-corrected chi connectivity index (χ4v) is 2.78. The molecule has 8 nitrogen and oxygen atoms in total. The van der Waals surface area contributed by atoms with Crippen molar-refractivity contribution in [1.29, 1.82) is 0 Å². The van der Waals surface area contributed by atoms with E-state index in [2.05, 4.69) is 22.2 Å². The molecule has 0 aliphatic carbocycles. The van der Waals surface area contributed by atoms with Gasteiger partial charge in [0, 0.05) is 18.8 Å². The van der Waals surface area contributed by atoms with E-state index in [1.165, 1.54) is 0 Å². The number of nitrogen functional groups attached to an aromatic ring is 1. The van der Waals surface area contributed by atoms with Gasteiger partial charge < -0.3 is 16.0 Å². The van der Waals surface area contributed by atoms with Crippen LogP contribution < -0.4 is 16.0 Å². The summed E-state index contributed by atoms with van der Waals surface area (Å²) in [5, 5.41) is 14.5. The average Bonchev–Trinajstić information content (AvgIpc) is 2.55. The third-order valence-corrected chi connectivity index (χ3v) is 4.19. The maximum absolute atomic E-state index is 11.4. The van der Waals surface area contributed by atoms with Crippen LogP contribution in [0.25, 0.3) is 0 Å². The largest absolute Gasteiger partial charge is 0.378 e. The Morgan fingerprint density at radius 2 is 1.92 bits per heavy atom. The number of benzene rings is 1. The number of piperidine rings is 1. The molecule has 1 fully saturated rings. The third kappa shape index (κ3) is 3.37. The number of anilines is 4. The van der Waals surface area contributed by atoms with Gasteiger partial charge in [0.05, 0.1) is 4.92 Å². The van der Waals surface area contributed by atoms with Crippen LogP contribution in [-0.4, -0.2) is 28.0 Å². The van der Waals surface area contributed by atoms with Gasteiger partial charge in [-0.2, -0.15) is 9.97 Å². The normalized spacial score (nSPS) is 15.3. The van der Waals surface area contributed by atoms with E-state index in [1.54, 1.807) is 0 Å². The maximum Gasteiger partial charge on any atom is 0.353 e. The van der Waals surface area contributed by atoms with Crippen molar-refractivity contribution >= 4 is 29.0 Å². The highest BCUT2D eigenvalue weighted by Crippen LogP contribution is 2.34. The van der Waals surface area contributed by atoms with E-state index < -0.39 is 4.92 Å². The van der Waals surface area contributed by atoms with Crippen molar-refractivity contribution in [3.8, 4) is 0 Å². The molecular weight excluding hydrogens is 308 g/mol. The predicted octanol–water partition coefficient (Wildman–Crippen LogP) is 2.95. The van der Waals surface area contributed by atoms with Crippen LogP contribution >= 0.6 is 0 Å². The number of rotatable bonds is 4. The number of nitrogens with two attached hydrogens (primary N) is 1. The molecule has 3 rings (SSSR count). The quantitative estimate of drug-likeness (QED) is 0.655. The molecule has 2 heterocycles. The first kappa shape index (κ1) is 16.0. The summed E-state index contributed by atoms with van der Waals surface area (Å²) in [4.78, 5) is 21.3. The molecule has 24 heavy (non-hydrogen) atoms. The van der Waals surface area contributed by atoms with Gasteiger partial charge in [-0.1, -0.05) is 25.1 Å². The number of nitrogens with one attached hydrogen (secondary N) is 1. The smallest absolute Gasteiger partial charge is 0.353 e. The molecule has 0 bridgehead atoms. The molecule has 1 saturated heterocycles. The van der Waals surface area contributed by atoms with Crippen LogP contribution in [0.5, 0.6) is 0 Å². The number of aromatic nitrogens is 2.